The molecule has 4 heteroatoms. The zero-order chi connectivity index (χ0) is 11.6. The first-order chi connectivity index (χ1) is 6.79. The number of carbonyl (C=O) groups excluding carboxylic acids is 1. The van der Waals surface area contributed by atoms with Gasteiger partial charge in [0.05, 0.1) is 11.8 Å². The Hall–Kier alpha value is -1.06. The molecule has 0 aliphatic heterocycles. The van der Waals surface area contributed by atoms with Crippen LogP contribution in [0.4, 0.5) is 0 Å². The van der Waals surface area contributed by atoms with Gasteiger partial charge in [0, 0.05) is 0 Å². The first kappa shape index (κ1) is 12.0. The highest BCUT2D eigenvalue weighted by Crippen LogP contribution is 2.32. The smallest absolute Gasteiger partial charge is 0.309 e. The molecule has 0 aromatic carbocycles. The summed E-state index contributed by atoms with van der Waals surface area (Å²) in [5.41, 5.74) is -0.488. The molecule has 0 spiro atoms. The normalized spacial score (nSPS) is 26.3. The Bertz CT molecular complexity index is 264. The lowest BCUT2D eigenvalue weighted by molar-refractivity contribution is -0.159. The molecule has 0 radical (unpaired) electrons. The molecule has 2 atom stereocenters. The summed E-state index contributed by atoms with van der Waals surface area (Å²) < 4.78 is 5.22. The number of aliphatic carboxylic acids is 1. The Morgan fingerprint density at radius 2 is 1.73 bits per heavy atom. The van der Waals surface area contributed by atoms with Crippen molar-refractivity contribution in [3.63, 3.8) is 0 Å². The lowest BCUT2D eigenvalue weighted by Crippen LogP contribution is -2.28. The third kappa shape index (κ3) is 3.53. The fourth-order valence-electron chi connectivity index (χ4n) is 1.80. The Kier molecular flexibility index (Phi) is 3.37. The first-order valence-corrected chi connectivity index (χ1v) is 5.25. The second kappa shape index (κ2) is 4.21. The number of carbonyl (C=O) groups is 2. The van der Waals surface area contributed by atoms with Crippen molar-refractivity contribution < 1.29 is 19.4 Å². The molecule has 86 valence electrons. The number of esters is 1. The summed E-state index contributed by atoms with van der Waals surface area (Å²) in [6.45, 7) is 5.44. The fraction of sp³-hybridized carbons (Fsp3) is 0.818. The van der Waals surface area contributed by atoms with Gasteiger partial charge < -0.3 is 9.84 Å². The summed E-state index contributed by atoms with van der Waals surface area (Å²) in [6, 6.07) is 0. The number of carboxylic acids is 1. The third-order valence-electron chi connectivity index (χ3n) is 2.52. The molecule has 0 bridgehead atoms. The zero-order valence-electron chi connectivity index (χ0n) is 9.45. The van der Waals surface area contributed by atoms with E-state index in [0.717, 1.165) is 0 Å². The van der Waals surface area contributed by atoms with Gasteiger partial charge >= 0.3 is 11.9 Å². The van der Waals surface area contributed by atoms with Crippen LogP contribution in [0.1, 0.15) is 40.0 Å². The fourth-order valence-corrected chi connectivity index (χ4v) is 1.80. The van der Waals surface area contributed by atoms with E-state index >= 15 is 0 Å². The van der Waals surface area contributed by atoms with Crippen LogP contribution >= 0.6 is 0 Å². The highest BCUT2D eigenvalue weighted by Gasteiger charge is 2.36. The molecule has 1 saturated carbocycles. The van der Waals surface area contributed by atoms with Crippen LogP contribution < -0.4 is 0 Å². The SMILES string of the molecule is CC(C)(C)OC(=O)C1CCC(C(=O)O)C1. The molecule has 0 aromatic rings. The average Bonchev–Trinajstić information content (AvgIpc) is 2.47. The molecule has 0 amide bonds. The summed E-state index contributed by atoms with van der Waals surface area (Å²) in [6.07, 6.45) is 1.63. The van der Waals surface area contributed by atoms with Crippen molar-refractivity contribution in [2.45, 2.75) is 45.6 Å². The molecule has 4 nitrogen and oxygen atoms in total. The van der Waals surface area contributed by atoms with E-state index in [1.807, 2.05) is 20.8 Å². The molecule has 1 aliphatic rings. The predicted octanol–water partition coefficient (Wildman–Crippen LogP) is 1.83. The van der Waals surface area contributed by atoms with Gasteiger partial charge in [-0.3, -0.25) is 9.59 Å². The van der Waals surface area contributed by atoms with Crippen LogP contribution in [-0.2, 0) is 14.3 Å². The number of ether oxygens (including phenoxy) is 1. The third-order valence-corrected chi connectivity index (χ3v) is 2.52. The predicted molar refractivity (Wildman–Crippen MR) is 54.3 cm³/mol. The van der Waals surface area contributed by atoms with Crippen LogP contribution in [0.3, 0.4) is 0 Å². The van der Waals surface area contributed by atoms with Crippen molar-refractivity contribution in [2.24, 2.45) is 11.8 Å². The molecule has 1 rings (SSSR count). The maximum atomic E-state index is 11.6. The Labute approximate surface area is 89.6 Å². The standard InChI is InChI=1S/C11H18O4/c1-11(2,3)15-10(14)8-5-4-7(6-8)9(12)13/h7-8H,4-6H2,1-3H3,(H,12,13). The number of rotatable bonds is 2. The van der Waals surface area contributed by atoms with Crippen LogP contribution in [0, 0.1) is 11.8 Å². The van der Waals surface area contributed by atoms with E-state index in [1.165, 1.54) is 0 Å². The van der Waals surface area contributed by atoms with E-state index in [4.69, 9.17) is 9.84 Å². The number of hydrogen-bond acceptors (Lipinski definition) is 3. The van der Waals surface area contributed by atoms with E-state index in [1.54, 1.807) is 0 Å². The summed E-state index contributed by atoms with van der Waals surface area (Å²) in [5, 5.41) is 8.79. The molecule has 0 aromatic heterocycles. The van der Waals surface area contributed by atoms with Crippen molar-refractivity contribution in [1.82, 2.24) is 0 Å². The molecule has 1 aliphatic carbocycles. The minimum atomic E-state index is -0.805. The quantitative estimate of drug-likeness (QED) is 0.712. The lowest BCUT2D eigenvalue weighted by Gasteiger charge is -2.21. The maximum absolute atomic E-state index is 11.6. The molecular formula is C11H18O4. The van der Waals surface area contributed by atoms with Crippen molar-refractivity contribution in [3.8, 4) is 0 Å². The van der Waals surface area contributed by atoms with Crippen LogP contribution in [0.25, 0.3) is 0 Å². The van der Waals surface area contributed by atoms with E-state index < -0.39 is 11.6 Å². The summed E-state index contributed by atoms with van der Waals surface area (Å²) in [5.74, 6) is -1.67. The van der Waals surface area contributed by atoms with E-state index in [2.05, 4.69) is 0 Å². The van der Waals surface area contributed by atoms with Gasteiger partial charge in [-0.25, -0.2) is 0 Å². The van der Waals surface area contributed by atoms with Gasteiger partial charge in [-0.1, -0.05) is 0 Å². The molecule has 0 heterocycles. The van der Waals surface area contributed by atoms with Crippen LogP contribution in [0.5, 0.6) is 0 Å². The number of hydrogen-bond donors (Lipinski definition) is 1. The van der Waals surface area contributed by atoms with E-state index in [0.29, 0.717) is 19.3 Å². The summed E-state index contributed by atoms with van der Waals surface area (Å²) in [4.78, 5) is 22.3. The maximum Gasteiger partial charge on any atom is 0.309 e. The Balaban J connectivity index is 2.47. The second-order valence-electron chi connectivity index (χ2n) is 5.08. The van der Waals surface area contributed by atoms with Gasteiger partial charge in [0.2, 0.25) is 0 Å². The van der Waals surface area contributed by atoms with Crippen molar-refractivity contribution >= 4 is 11.9 Å². The molecular weight excluding hydrogens is 196 g/mol. The van der Waals surface area contributed by atoms with Gasteiger partial charge in [0.15, 0.2) is 0 Å². The molecule has 2 unspecified atom stereocenters. The number of carboxylic acid groups (broad SMARTS) is 1. The second-order valence-corrected chi connectivity index (χ2v) is 5.08. The van der Waals surface area contributed by atoms with Crippen molar-refractivity contribution in [3.05, 3.63) is 0 Å². The van der Waals surface area contributed by atoms with Crippen molar-refractivity contribution in [2.75, 3.05) is 0 Å². The molecule has 15 heavy (non-hydrogen) atoms. The highest BCUT2D eigenvalue weighted by molar-refractivity contribution is 5.76. The average molecular weight is 214 g/mol. The minimum absolute atomic E-state index is 0.231. The van der Waals surface area contributed by atoms with Gasteiger partial charge in [-0.05, 0) is 40.0 Å². The molecule has 1 fully saturated rings. The zero-order valence-corrected chi connectivity index (χ0v) is 9.45. The van der Waals surface area contributed by atoms with Gasteiger partial charge in [-0.2, -0.15) is 0 Å². The van der Waals surface area contributed by atoms with E-state index in [-0.39, 0.29) is 17.8 Å². The minimum Gasteiger partial charge on any atom is -0.481 e. The van der Waals surface area contributed by atoms with Gasteiger partial charge in [0.25, 0.3) is 0 Å². The monoisotopic (exact) mass is 214 g/mol. The first-order valence-electron chi connectivity index (χ1n) is 5.25. The van der Waals surface area contributed by atoms with Gasteiger partial charge in [-0.15, -0.1) is 0 Å². The van der Waals surface area contributed by atoms with Crippen LogP contribution in [0.15, 0.2) is 0 Å². The summed E-state index contributed by atoms with van der Waals surface area (Å²) >= 11 is 0. The van der Waals surface area contributed by atoms with Crippen molar-refractivity contribution in [1.29, 1.82) is 0 Å². The Morgan fingerprint density at radius 1 is 1.20 bits per heavy atom. The van der Waals surface area contributed by atoms with Crippen LogP contribution in [0.2, 0.25) is 0 Å². The topological polar surface area (TPSA) is 63.6 Å². The largest absolute Gasteiger partial charge is 0.481 e. The molecule has 1 N–H and O–H groups in total. The Morgan fingerprint density at radius 3 is 2.13 bits per heavy atom. The van der Waals surface area contributed by atoms with E-state index in [9.17, 15) is 9.59 Å². The van der Waals surface area contributed by atoms with Crippen LogP contribution in [-0.4, -0.2) is 22.6 Å². The highest BCUT2D eigenvalue weighted by atomic mass is 16.6. The van der Waals surface area contributed by atoms with Gasteiger partial charge in [0.1, 0.15) is 5.60 Å². The summed E-state index contributed by atoms with van der Waals surface area (Å²) in [7, 11) is 0. The molecule has 0 saturated heterocycles. The lowest BCUT2D eigenvalue weighted by atomic mass is 10.0.